The highest BCUT2D eigenvalue weighted by Gasteiger charge is 2.30. The predicted octanol–water partition coefficient (Wildman–Crippen LogP) is 3.47. The number of benzene rings is 1. The van der Waals surface area contributed by atoms with Gasteiger partial charge in [0.15, 0.2) is 5.58 Å². The minimum absolute atomic E-state index is 0.312. The van der Waals surface area contributed by atoms with E-state index in [1.54, 1.807) is 4.57 Å². The number of aryl methyl sites for hydroxylation is 1. The molecule has 4 nitrogen and oxygen atoms in total. The van der Waals surface area contributed by atoms with Gasteiger partial charge in [0, 0.05) is 6.54 Å². The molecule has 3 rings (SSSR count). The Labute approximate surface area is 124 Å². The van der Waals surface area contributed by atoms with E-state index in [0.29, 0.717) is 24.0 Å². The van der Waals surface area contributed by atoms with E-state index in [-0.39, 0.29) is 5.76 Å². The van der Waals surface area contributed by atoms with Crippen LogP contribution in [0, 0.1) is 11.8 Å². The SMILES string of the molecule is CCCn1c(=O)oc2cc(C(O)C3CCCC3C)ccc21. The van der Waals surface area contributed by atoms with Crippen LogP contribution in [0.4, 0.5) is 0 Å². The van der Waals surface area contributed by atoms with Crippen LogP contribution in [0.5, 0.6) is 0 Å². The monoisotopic (exact) mass is 289 g/mol. The lowest BCUT2D eigenvalue weighted by Gasteiger charge is -2.22. The number of aromatic nitrogens is 1. The summed E-state index contributed by atoms with van der Waals surface area (Å²) >= 11 is 0. The molecular formula is C17H23NO3. The van der Waals surface area contributed by atoms with E-state index in [4.69, 9.17) is 4.42 Å². The van der Waals surface area contributed by atoms with Gasteiger partial charge < -0.3 is 9.52 Å². The van der Waals surface area contributed by atoms with Crippen molar-refractivity contribution >= 4 is 11.1 Å². The van der Waals surface area contributed by atoms with E-state index >= 15 is 0 Å². The fraction of sp³-hybridized carbons (Fsp3) is 0.588. The molecule has 0 aliphatic heterocycles. The summed E-state index contributed by atoms with van der Waals surface area (Å²) < 4.78 is 6.98. The normalized spacial score (nSPS) is 23.8. The third kappa shape index (κ3) is 2.53. The Morgan fingerprint density at radius 1 is 1.43 bits per heavy atom. The molecular weight excluding hydrogens is 266 g/mol. The van der Waals surface area contributed by atoms with Crippen LogP contribution in [0.1, 0.15) is 51.2 Å². The lowest BCUT2D eigenvalue weighted by atomic mass is 9.88. The molecule has 1 aromatic heterocycles. The van der Waals surface area contributed by atoms with Crippen molar-refractivity contribution in [2.24, 2.45) is 11.8 Å². The largest absolute Gasteiger partial charge is 0.419 e. The molecule has 3 atom stereocenters. The summed E-state index contributed by atoms with van der Waals surface area (Å²) in [7, 11) is 0. The molecule has 114 valence electrons. The number of fused-ring (bicyclic) bond motifs is 1. The molecule has 1 aliphatic carbocycles. The number of aliphatic hydroxyl groups excluding tert-OH is 1. The highest BCUT2D eigenvalue weighted by Crippen LogP contribution is 2.40. The minimum Gasteiger partial charge on any atom is -0.408 e. The van der Waals surface area contributed by atoms with Gasteiger partial charge in [0.05, 0.1) is 11.6 Å². The first kappa shape index (κ1) is 14.4. The van der Waals surface area contributed by atoms with Crippen LogP contribution < -0.4 is 5.76 Å². The number of nitrogens with zero attached hydrogens (tertiary/aromatic N) is 1. The molecule has 0 bridgehead atoms. The topological polar surface area (TPSA) is 55.4 Å². The zero-order valence-electron chi connectivity index (χ0n) is 12.7. The van der Waals surface area contributed by atoms with Crippen molar-refractivity contribution in [3.8, 4) is 0 Å². The fourth-order valence-electron chi connectivity index (χ4n) is 3.59. The van der Waals surface area contributed by atoms with E-state index in [2.05, 4.69) is 6.92 Å². The average molecular weight is 289 g/mol. The molecule has 0 saturated heterocycles. The maximum Gasteiger partial charge on any atom is 0.419 e. The van der Waals surface area contributed by atoms with Gasteiger partial charge in [-0.1, -0.05) is 32.8 Å². The Bertz CT molecular complexity index is 685. The van der Waals surface area contributed by atoms with Gasteiger partial charge in [0.2, 0.25) is 0 Å². The molecule has 1 fully saturated rings. The first-order valence-electron chi connectivity index (χ1n) is 7.93. The van der Waals surface area contributed by atoms with E-state index < -0.39 is 6.10 Å². The molecule has 1 saturated carbocycles. The van der Waals surface area contributed by atoms with E-state index in [9.17, 15) is 9.90 Å². The smallest absolute Gasteiger partial charge is 0.408 e. The molecule has 1 heterocycles. The van der Waals surface area contributed by atoms with Gasteiger partial charge in [-0.3, -0.25) is 4.57 Å². The third-order valence-electron chi connectivity index (χ3n) is 4.81. The molecule has 3 unspecified atom stereocenters. The first-order valence-corrected chi connectivity index (χ1v) is 7.93. The molecule has 1 N–H and O–H groups in total. The third-order valence-corrected chi connectivity index (χ3v) is 4.81. The molecule has 21 heavy (non-hydrogen) atoms. The summed E-state index contributed by atoms with van der Waals surface area (Å²) in [6.07, 6.45) is 3.87. The van der Waals surface area contributed by atoms with Gasteiger partial charge >= 0.3 is 5.76 Å². The van der Waals surface area contributed by atoms with Gasteiger partial charge in [-0.2, -0.15) is 0 Å². The Morgan fingerprint density at radius 2 is 2.24 bits per heavy atom. The fourth-order valence-corrected chi connectivity index (χ4v) is 3.59. The summed E-state index contributed by atoms with van der Waals surface area (Å²) in [5.41, 5.74) is 2.26. The second-order valence-corrected chi connectivity index (χ2v) is 6.26. The Kier molecular flexibility index (Phi) is 3.89. The van der Waals surface area contributed by atoms with Crippen molar-refractivity contribution in [3.05, 3.63) is 34.3 Å². The number of hydrogen-bond acceptors (Lipinski definition) is 3. The molecule has 1 aliphatic rings. The van der Waals surface area contributed by atoms with E-state index in [1.165, 1.54) is 12.8 Å². The van der Waals surface area contributed by atoms with Gasteiger partial charge in [-0.15, -0.1) is 0 Å². The predicted molar refractivity (Wildman–Crippen MR) is 82.2 cm³/mol. The van der Waals surface area contributed by atoms with Gasteiger partial charge in [-0.05, 0) is 42.4 Å². The summed E-state index contributed by atoms with van der Waals surface area (Å²) in [6, 6.07) is 5.66. The Balaban J connectivity index is 1.96. The second-order valence-electron chi connectivity index (χ2n) is 6.26. The minimum atomic E-state index is -0.466. The maximum atomic E-state index is 11.9. The van der Waals surface area contributed by atoms with Crippen molar-refractivity contribution in [2.75, 3.05) is 0 Å². The molecule has 1 aromatic carbocycles. The van der Waals surface area contributed by atoms with Crippen molar-refractivity contribution in [1.82, 2.24) is 4.57 Å². The standard InChI is InChI=1S/C17H23NO3/c1-3-9-18-14-8-7-12(10-15(14)21-17(18)20)16(19)13-6-4-5-11(13)2/h7-8,10-11,13,16,19H,3-6,9H2,1-2H3. The zero-order valence-corrected chi connectivity index (χ0v) is 12.7. The van der Waals surface area contributed by atoms with Crippen LogP contribution in [0.15, 0.2) is 27.4 Å². The zero-order chi connectivity index (χ0) is 15.0. The van der Waals surface area contributed by atoms with Crippen molar-refractivity contribution in [2.45, 2.75) is 52.2 Å². The number of oxazole rings is 1. The Hall–Kier alpha value is -1.55. The maximum absolute atomic E-state index is 11.9. The molecule has 0 spiro atoms. The van der Waals surface area contributed by atoms with E-state index in [1.807, 2.05) is 25.1 Å². The van der Waals surface area contributed by atoms with Gasteiger partial charge in [0.1, 0.15) is 0 Å². The highest BCUT2D eigenvalue weighted by atomic mass is 16.4. The second kappa shape index (κ2) is 5.68. The van der Waals surface area contributed by atoms with Gasteiger partial charge in [0.25, 0.3) is 0 Å². The van der Waals surface area contributed by atoms with Crippen molar-refractivity contribution in [3.63, 3.8) is 0 Å². The average Bonchev–Trinajstić information content (AvgIpc) is 3.02. The lowest BCUT2D eigenvalue weighted by Crippen LogP contribution is -2.15. The van der Waals surface area contributed by atoms with Crippen LogP contribution in [-0.2, 0) is 6.54 Å². The summed E-state index contributed by atoms with van der Waals surface area (Å²) in [5, 5.41) is 10.6. The van der Waals surface area contributed by atoms with Crippen molar-refractivity contribution in [1.29, 1.82) is 0 Å². The summed E-state index contributed by atoms with van der Waals surface area (Å²) in [5.74, 6) is 0.548. The number of rotatable bonds is 4. The van der Waals surface area contributed by atoms with Crippen LogP contribution in [0.2, 0.25) is 0 Å². The molecule has 4 heteroatoms. The number of hydrogen-bond donors (Lipinski definition) is 1. The van der Waals surface area contributed by atoms with Crippen LogP contribution in [-0.4, -0.2) is 9.67 Å². The van der Waals surface area contributed by atoms with Crippen molar-refractivity contribution < 1.29 is 9.52 Å². The van der Waals surface area contributed by atoms with Gasteiger partial charge in [-0.25, -0.2) is 4.79 Å². The van der Waals surface area contributed by atoms with E-state index in [0.717, 1.165) is 23.9 Å². The molecule has 0 amide bonds. The summed E-state index contributed by atoms with van der Waals surface area (Å²) in [4.78, 5) is 11.9. The molecule has 0 radical (unpaired) electrons. The lowest BCUT2D eigenvalue weighted by molar-refractivity contribution is 0.0901. The quantitative estimate of drug-likeness (QED) is 0.937. The molecule has 2 aromatic rings. The first-order chi connectivity index (χ1) is 10.1. The van der Waals surface area contributed by atoms with Crippen LogP contribution in [0.3, 0.4) is 0 Å². The van der Waals surface area contributed by atoms with Crippen LogP contribution >= 0.6 is 0 Å². The highest BCUT2D eigenvalue weighted by molar-refractivity contribution is 5.73. The Morgan fingerprint density at radius 3 is 2.90 bits per heavy atom. The van der Waals surface area contributed by atoms with Crippen LogP contribution in [0.25, 0.3) is 11.1 Å². The number of aliphatic hydroxyl groups is 1. The summed E-state index contributed by atoms with van der Waals surface area (Å²) in [6.45, 7) is 4.90.